The van der Waals surface area contributed by atoms with Gasteiger partial charge in [0.1, 0.15) is 0 Å². The Morgan fingerprint density at radius 1 is 1.29 bits per heavy atom. The van der Waals surface area contributed by atoms with Crippen molar-refractivity contribution in [2.45, 2.75) is 32.6 Å². The summed E-state index contributed by atoms with van der Waals surface area (Å²) in [6.45, 7) is 5.35. The zero-order valence-corrected chi connectivity index (χ0v) is 14.8. The predicted octanol–water partition coefficient (Wildman–Crippen LogP) is 4.76. The number of hydrogen-bond acceptors (Lipinski definition) is 3. The lowest BCUT2D eigenvalue weighted by molar-refractivity contribution is 0.0893. The molecule has 5 heteroatoms. The molecule has 0 radical (unpaired) electrons. The van der Waals surface area contributed by atoms with E-state index in [9.17, 15) is 4.79 Å². The van der Waals surface area contributed by atoms with Gasteiger partial charge in [-0.3, -0.25) is 4.79 Å². The summed E-state index contributed by atoms with van der Waals surface area (Å²) >= 11 is 7.33. The second-order valence-corrected chi connectivity index (χ2v) is 8.19. The quantitative estimate of drug-likeness (QED) is 0.731. The fourth-order valence-electron chi connectivity index (χ4n) is 3.71. The fraction of sp³-hybridized carbons (Fsp3) is 0.688. The molecule has 1 unspecified atom stereocenters. The Morgan fingerprint density at radius 2 is 1.86 bits per heavy atom. The third-order valence-corrected chi connectivity index (χ3v) is 6.04. The molecule has 0 aromatic carbocycles. The minimum Gasteiger partial charge on any atom is -0.302 e. The first-order valence-corrected chi connectivity index (χ1v) is 8.83. The number of carbonyl (C=O) groups is 1. The smallest absolute Gasteiger partial charge is 0.176 e. The maximum atomic E-state index is 12.4. The first kappa shape index (κ1) is 17.3. The van der Waals surface area contributed by atoms with Gasteiger partial charge >= 0.3 is 0 Å². The van der Waals surface area contributed by atoms with Crippen LogP contribution in [0, 0.1) is 17.8 Å². The van der Waals surface area contributed by atoms with Gasteiger partial charge in [0, 0.05) is 25.6 Å². The average molecular weight is 348 g/mol. The minimum absolute atomic E-state index is 0. The van der Waals surface area contributed by atoms with Gasteiger partial charge in [0.15, 0.2) is 5.78 Å². The predicted molar refractivity (Wildman–Crippen MR) is 92.0 cm³/mol. The van der Waals surface area contributed by atoms with Crippen molar-refractivity contribution in [1.82, 2.24) is 4.90 Å². The summed E-state index contributed by atoms with van der Waals surface area (Å²) < 4.78 is 0.702. The highest BCUT2D eigenvalue weighted by molar-refractivity contribution is 7.18. The number of thiophene rings is 1. The molecule has 3 heterocycles. The molecule has 118 valence electrons. The largest absolute Gasteiger partial charge is 0.302 e. The van der Waals surface area contributed by atoms with Crippen LogP contribution in [0.4, 0.5) is 0 Å². The molecule has 1 atom stereocenters. The molecule has 0 spiro atoms. The summed E-state index contributed by atoms with van der Waals surface area (Å²) in [5.41, 5.74) is 0. The monoisotopic (exact) mass is 347 g/mol. The molecule has 1 aliphatic carbocycles. The maximum absolute atomic E-state index is 12.4. The van der Waals surface area contributed by atoms with Gasteiger partial charge in [0.25, 0.3) is 0 Å². The van der Waals surface area contributed by atoms with Crippen molar-refractivity contribution in [1.29, 1.82) is 0 Å². The van der Waals surface area contributed by atoms with E-state index in [-0.39, 0.29) is 24.1 Å². The number of halogens is 2. The molecule has 21 heavy (non-hydrogen) atoms. The van der Waals surface area contributed by atoms with E-state index in [2.05, 4.69) is 11.8 Å². The van der Waals surface area contributed by atoms with Gasteiger partial charge in [0.2, 0.25) is 0 Å². The van der Waals surface area contributed by atoms with Gasteiger partial charge in [-0.1, -0.05) is 18.5 Å². The minimum atomic E-state index is 0. The lowest BCUT2D eigenvalue weighted by Gasteiger charge is -2.25. The molecule has 2 bridgehead atoms. The summed E-state index contributed by atoms with van der Waals surface area (Å²) in [5.74, 6) is 2.06. The van der Waals surface area contributed by atoms with Crippen LogP contribution in [0.1, 0.15) is 42.3 Å². The third kappa shape index (κ3) is 4.22. The van der Waals surface area contributed by atoms with Gasteiger partial charge in [0.05, 0.1) is 9.21 Å². The molecule has 4 rings (SSSR count). The summed E-state index contributed by atoms with van der Waals surface area (Å²) in [4.78, 5) is 15.8. The van der Waals surface area contributed by atoms with Gasteiger partial charge in [-0.05, 0) is 49.7 Å². The highest BCUT2D eigenvalue weighted by Gasteiger charge is 2.30. The highest BCUT2D eigenvalue weighted by atomic mass is 35.5. The van der Waals surface area contributed by atoms with E-state index in [1.165, 1.54) is 50.1 Å². The highest BCUT2D eigenvalue weighted by Crippen LogP contribution is 2.34. The van der Waals surface area contributed by atoms with Gasteiger partial charge in [-0.25, -0.2) is 0 Å². The molecule has 2 aliphatic heterocycles. The summed E-state index contributed by atoms with van der Waals surface area (Å²) in [5, 5.41) is 0. The number of fused-ring (bicyclic) bond motifs is 4. The van der Waals surface area contributed by atoms with Crippen LogP contribution in [0.3, 0.4) is 0 Å². The Balaban J connectivity index is 0.00000161. The summed E-state index contributed by atoms with van der Waals surface area (Å²) in [7, 11) is 0. The second-order valence-electron chi connectivity index (χ2n) is 6.47. The zero-order chi connectivity index (χ0) is 14.1. The molecule has 1 saturated carbocycles. The van der Waals surface area contributed by atoms with E-state index in [1.54, 1.807) is 0 Å². The molecule has 2 saturated heterocycles. The molecular weight excluding hydrogens is 325 g/mol. The van der Waals surface area contributed by atoms with Crippen LogP contribution in [0.2, 0.25) is 4.34 Å². The van der Waals surface area contributed by atoms with Crippen molar-refractivity contribution in [3.8, 4) is 0 Å². The van der Waals surface area contributed by atoms with E-state index < -0.39 is 0 Å². The van der Waals surface area contributed by atoms with Crippen LogP contribution in [0.25, 0.3) is 0 Å². The second kappa shape index (κ2) is 7.45. The molecule has 0 amide bonds. The molecule has 0 N–H and O–H groups in total. The number of nitrogens with zero attached hydrogens (tertiary/aromatic N) is 1. The number of rotatable bonds is 4. The number of Topliss-reactive ketones (excluding diaryl/α,β-unsaturated/α-hetero) is 1. The van der Waals surface area contributed by atoms with Crippen LogP contribution in [0.15, 0.2) is 12.1 Å². The normalized spacial score (nSPS) is 27.0. The number of ketones is 1. The first-order valence-electron chi connectivity index (χ1n) is 7.63. The van der Waals surface area contributed by atoms with E-state index >= 15 is 0 Å². The lowest BCUT2D eigenvalue weighted by Crippen LogP contribution is -2.35. The topological polar surface area (TPSA) is 20.3 Å². The Hall–Kier alpha value is -0.0900. The van der Waals surface area contributed by atoms with E-state index in [4.69, 9.17) is 11.6 Å². The Kier molecular flexibility index (Phi) is 6.13. The van der Waals surface area contributed by atoms with Crippen molar-refractivity contribution < 1.29 is 4.79 Å². The fourth-order valence-corrected chi connectivity index (χ4v) is 4.81. The maximum Gasteiger partial charge on any atom is 0.176 e. The van der Waals surface area contributed by atoms with E-state index in [1.807, 2.05) is 12.1 Å². The van der Waals surface area contributed by atoms with Crippen molar-refractivity contribution in [2.24, 2.45) is 17.8 Å². The molecule has 2 nitrogen and oxygen atoms in total. The summed E-state index contributed by atoms with van der Waals surface area (Å²) in [6.07, 6.45) is 5.57. The van der Waals surface area contributed by atoms with Crippen LogP contribution in [-0.2, 0) is 0 Å². The van der Waals surface area contributed by atoms with Gasteiger partial charge < -0.3 is 4.90 Å². The van der Waals surface area contributed by atoms with E-state index in [0.29, 0.717) is 4.34 Å². The van der Waals surface area contributed by atoms with Crippen LogP contribution in [-0.4, -0.2) is 30.3 Å². The molecule has 1 aromatic heterocycles. The summed E-state index contributed by atoms with van der Waals surface area (Å²) in [6, 6.07) is 3.68. The standard InChI is InChI=1S/C16H22ClNOS.ClH/c1-11(16(19)14-6-7-15(17)20-14)8-18-9-12-2-3-13(10-18)5-4-12;/h6-7,11-13H,2-5,8-10H2,1H3;1H. The van der Waals surface area contributed by atoms with Crippen molar-refractivity contribution in [2.75, 3.05) is 19.6 Å². The van der Waals surface area contributed by atoms with Crippen LogP contribution in [0.5, 0.6) is 0 Å². The molecule has 3 fully saturated rings. The average Bonchev–Trinajstić information content (AvgIpc) is 2.67. The van der Waals surface area contributed by atoms with Crippen molar-refractivity contribution in [3.05, 3.63) is 21.3 Å². The Morgan fingerprint density at radius 3 is 2.33 bits per heavy atom. The van der Waals surface area contributed by atoms with Gasteiger partial charge in [-0.2, -0.15) is 0 Å². The zero-order valence-electron chi connectivity index (χ0n) is 12.4. The SMILES string of the molecule is CC(CN1CC2CCC(CC2)C1)C(=O)c1ccc(Cl)s1.Cl. The number of carbonyl (C=O) groups excluding carboxylic acids is 1. The first-order chi connectivity index (χ1) is 9.61. The number of hydrogen-bond donors (Lipinski definition) is 0. The molecular formula is C16H23Cl2NOS. The van der Waals surface area contributed by atoms with Crippen LogP contribution < -0.4 is 0 Å². The third-order valence-electron chi connectivity index (χ3n) is 4.79. The molecule has 3 aliphatic rings. The van der Waals surface area contributed by atoms with Gasteiger partial charge in [-0.15, -0.1) is 23.7 Å². The van der Waals surface area contributed by atoms with Crippen molar-refractivity contribution in [3.63, 3.8) is 0 Å². The van der Waals surface area contributed by atoms with Crippen molar-refractivity contribution >= 4 is 41.1 Å². The molecule has 1 aromatic rings. The van der Waals surface area contributed by atoms with E-state index in [0.717, 1.165) is 23.3 Å². The van der Waals surface area contributed by atoms with Crippen LogP contribution >= 0.6 is 35.3 Å². The Bertz CT molecular complexity index is 468. The Labute approximate surface area is 142 Å². The lowest BCUT2D eigenvalue weighted by atomic mass is 9.84.